The van der Waals surface area contributed by atoms with Crippen LogP contribution in [0.5, 0.6) is 11.5 Å². The first-order valence-corrected chi connectivity index (χ1v) is 13.9. The Balaban J connectivity index is 1.42. The van der Waals surface area contributed by atoms with Crippen molar-refractivity contribution in [1.29, 1.82) is 0 Å². The van der Waals surface area contributed by atoms with Crippen molar-refractivity contribution in [2.24, 2.45) is 0 Å². The molecule has 0 spiro atoms. The lowest BCUT2D eigenvalue weighted by molar-refractivity contribution is 0.0319. The van der Waals surface area contributed by atoms with Gasteiger partial charge in [0.2, 0.25) is 0 Å². The minimum Gasteiger partial charge on any atom is -0.497 e. The fraction of sp³-hybridized carbons (Fsp3) is 0.333. The van der Waals surface area contributed by atoms with E-state index in [1.807, 2.05) is 72.8 Å². The predicted molar refractivity (Wildman–Crippen MR) is 155 cm³/mol. The lowest BCUT2D eigenvalue weighted by atomic mass is 9.84. The van der Waals surface area contributed by atoms with Gasteiger partial charge in [0, 0.05) is 32.7 Å². The zero-order valence-corrected chi connectivity index (χ0v) is 23.6. The summed E-state index contributed by atoms with van der Waals surface area (Å²) in [7, 11) is 3.22. The summed E-state index contributed by atoms with van der Waals surface area (Å²) >= 11 is 0. The molecule has 0 bridgehead atoms. The molecule has 8 heteroatoms. The van der Waals surface area contributed by atoms with E-state index in [9.17, 15) is 9.50 Å². The van der Waals surface area contributed by atoms with Gasteiger partial charge in [-0.1, -0.05) is 36.4 Å². The Morgan fingerprint density at radius 2 is 1.39 bits per heavy atom. The maximum Gasteiger partial charge on any atom is 0.173 e. The summed E-state index contributed by atoms with van der Waals surface area (Å²) in [6, 6.07) is 25.0. The van der Waals surface area contributed by atoms with E-state index in [1.54, 1.807) is 14.2 Å². The van der Waals surface area contributed by atoms with Gasteiger partial charge in [-0.25, -0.2) is 4.39 Å². The van der Waals surface area contributed by atoms with Crippen molar-refractivity contribution >= 4 is 0 Å². The van der Waals surface area contributed by atoms with Crippen molar-refractivity contribution in [2.45, 2.75) is 18.7 Å². The smallest absolute Gasteiger partial charge is 0.173 e. The number of rotatable bonds is 12. The Morgan fingerprint density at radius 3 is 1.95 bits per heavy atom. The van der Waals surface area contributed by atoms with E-state index < -0.39 is 5.60 Å². The van der Waals surface area contributed by atoms with Crippen LogP contribution in [0.2, 0.25) is 0 Å². The lowest BCUT2D eigenvalue weighted by Crippen LogP contribution is -2.41. The minimum absolute atomic E-state index is 0.249. The monoisotopic (exact) mass is 560 g/mol. The molecule has 0 amide bonds. The fourth-order valence-corrected chi connectivity index (χ4v) is 5.16. The highest BCUT2D eigenvalue weighted by molar-refractivity contribution is 5.46. The molecule has 2 heterocycles. The van der Waals surface area contributed by atoms with Crippen molar-refractivity contribution in [3.05, 3.63) is 119 Å². The Kier molecular flexibility index (Phi) is 9.36. The molecule has 1 aliphatic rings. The molecule has 3 aromatic carbocycles. The highest BCUT2D eigenvalue weighted by atomic mass is 19.1. The molecule has 0 aliphatic carbocycles. The summed E-state index contributed by atoms with van der Waals surface area (Å²) in [5, 5.41) is 12.3. The number of morpholine rings is 1. The number of halogens is 1. The molecule has 0 radical (unpaired) electrons. The standard InChI is InChI=1S/C33H37FN2O5/c1-38-29-11-5-26(6-12-29)33(37,27-7-13-30(39-2)14-8-27)32-16-15-31(41-32)24-36(18-17-35-19-21-40-22-20-35)23-25-3-9-28(34)10-4-25/h3-16,37H,17-24H2,1-2H3. The van der Waals surface area contributed by atoms with Crippen LogP contribution < -0.4 is 9.47 Å². The van der Waals surface area contributed by atoms with Gasteiger partial charge >= 0.3 is 0 Å². The van der Waals surface area contributed by atoms with Gasteiger partial charge in [-0.3, -0.25) is 9.80 Å². The third-order valence-electron chi connectivity index (χ3n) is 7.57. The van der Waals surface area contributed by atoms with E-state index in [0.717, 1.165) is 50.7 Å². The van der Waals surface area contributed by atoms with Gasteiger partial charge in [-0.2, -0.15) is 0 Å². The molecular formula is C33H37FN2O5. The Morgan fingerprint density at radius 1 is 0.805 bits per heavy atom. The number of furan rings is 1. The lowest BCUT2D eigenvalue weighted by Gasteiger charge is -2.30. The summed E-state index contributed by atoms with van der Waals surface area (Å²) in [6.45, 7) is 6.17. The largest absolute Gasteiger partial charge is 0.497 e. The van der Waals surface area contributed by atoms with Crippen LogP contribution in [0.4, 0.5) is 4.39 Å². The van der Waals surface area contributed by atoms with Gasteiger partial charge in [0.05, 0.1) is 34.0 Å². The number of methoxy groups -OCH3 is 2. The van der Waals surface area contributed by atoms with Gasteiger partial charge in [0.25, 0.3) is 0 Å². The molecule has 0 unspecified atom stereocenters. The molecule has 1 aromatic heterocycles. The van der Waals surface area contributed by atoms with E-state index in [-0.39, 0.29) is 5.82 Å². The zero-order valence-electron chi connectivity index (χ0n) is 23.6. The van der Waals surface area contributed by atoms with Crippen LogP contribution in [-0.2, 0) is 23.4 Å². The van der Waals surface area contributed by atoms with Crippen LogP contribution in [-0.4, -0.2) is 68.5 Å². The number of nitrogens with zero attached hydrogens (tertiary/aromatic N) is 2. The number of aliphatic hydroxyl groups is 1. The second kappa shape index (κ2) is 13.3. The van der Waals surface area contributed by atoms with E-state index in [4.69, 9.17) is 18.6 Å². The van der Waals surface area contributed by atoms with E-state index >= 15 is 0 Å². The SMILES string of the molecule is COc1ccc(C(O)(c2ccc(OC)cc2)c2ccc(CN(CCN3CCOCC3)Cc3ccc(F)cc3)o2)cc1. The van der Waals surface area contributed by atoms with Crippen molar-refractivity contribution in [2.75, 3.05) is 53.6 Å². The second-order valence-electron chi connectivity index (χ2n) is 10.2. The molecule has 0 saturated carbocycles. The van der Waals surface area contributed by atoms with Gasteiger partial charge < -0.3 is 23.7 Å². The quantitative estimate of drug-likeness (QED) is 0.260. The van der Waals surface area contributed by atoms with Crippen LogP contribution in [0.25, 0.3) is 0 Å². The first-order chi connectivity index (χ1) is 20.0. The van der Waals surface area contributed by atoms with Crippen LogP contribution in [0.15, 0.2) is 89.3 Å². The maximum absolute atomic E-state index is 13.6. The first-order valence-electron chi connectivity index (χ1n) is 13.9. The van der Waals surface area contributed by atoms with Gasteiger partial charge in [0.15, 0.2) is 5.60 Å². The van der Waals surface area contributed by atoms with Crippen LogP contribution >= 0.6 is 0 Å². The van der Waals surface area contributed by atoms with Crippen molar-refractivity contribution in [3.63, 3.8) is 0 Å². The van der Waals surface area contributed by atoms with Crippen molar-refractivity contribution in [3.8, 4) is 11.5 Å². The predicted octanol–water partition coefficient (Wildman–Crippen LogP) is 5.05. The third kappa shape index (κ3) is 6.97. The molecule has 5 rings (SSSR count). The molecule has 1 fully saturated rings. The van der Waals surface area contributed by atoms with Gasteiger partial charge in [0.1, 0.15) is 28.8 Å². The van der Waals surface area contributed by atoms with Crippen LogP contribution in [0.1, 0.15) is 28.2 Å². The highest BCUT2D eigenvalue weighted by Crippen LogP contribution is 2.39. The van der Waals surface area contributed by atoms with Gasteiger partial charge in [-0.15, -0.1) is 0 Å². The average molecular weight is 561 g/mol. The molecule has 4 aromatic rings. The number of hydrogen-bond donors (Lipinski definition) is 1. The highest BCUT2D eigenvalue weighted by Gasteiger charge is 2.37. The Labute approximate surface area is 240 Å². The summed E-state index contributed by atoms with van der Waals surface area (Å²) in [4.78, 5) is 4.67. The van der Waals surface area contributed by atoms with E-state index in [2.05, 4.69) is 9.80 Å². The normalized spacial score (nSPS) is 14.4. The molecule has 1 saturated heterocycles. The Hall–Kier alpha value is -3.69. The topological polar surface area (TPSA) is 67.5 Å². The summed E-state index contributed by atoms with van der Waals surface area (Å²) in [5.41, 5.74) is 0.791. The number of ether oxygens (including phenoxy) is 3. The van der Waals surface area contributed by atoms with Crippen molar-refractivity contribution in [1.82, 2.24) is 9.80 Å². The third-order valence-corrected chi connectivity index (χ3v) is 7.57. The zero-order chi connectivity index (χ0) is 28.7. The van der Waals surface area contributed by atoms with Crippen molar-refractivity contribution < 1.29 is 28.1 Å². The number of benzene rings is 3. The van der Waals surface area contributed by atoms with E-state index in [1.165, 1.54) is 12.1 Å². The number of hydrogen-bond acceptors (Lipinski definition) is 7. The summed E-state index contributed by atoms with van der Waals surface area (Å²) in [6.07, 6.45) is 0. The minimum atomic E-state index is -1.54. The fourth-order valence-electron chi connectivity index (χ4n) is 5.16. The molecule has 41 heavy (non-hydrogen) atoms. The van der Waals surface area contributed by atoms with E-state index in [0.29, 0.717) is 41.5 Å². The summed E-state index contributed by atoms with van der Waals surface area (Å²) < 4.78 is 36.1. The first kappa shape index (κ1) is 28.8. The molecule has 1 aliphatic heterocycles. The summed E-state index contributed by atoms with van der Waals surface area (Å²) in [5.74, 6) is 2.29. The molecule has 216 valence electrons. The average Bonchev–Trinajstić information content (AvgIpc) is 3.50. The molecular weight excluding hydrogens is 523 g/mol. The van der Waals surface area contributed by atoms with Crippen LogP contribution in [0, 0.1) is 5.82 Å². The molecule has 1 N–H and O–H groups in total. The van der Waals surface area contributed by atoms with Crippen LogP contribution in [0.3, 0.4) is 0 Å². The maximum atomic E-state index is 13.6. The second-order valence-corrected chi connectivity index (χ2v) is 10.2. The molecule has 7 nitrogen and oxygen atoms in total. The van der Waals surface area contributed by atoms with Gasteiger partial charge in [-0.05, 0) is 65.2 Å². The molecule has 0 atom stereocenters. The Bertz CT molecular complexity index is 1320.